The Hall–Kier alpha value is -0.860. The van der Waals surface area contributed by atoms with E-state index in [4.69, 9.17) is 4.74 Å². The van der Waals surface area contributed by atoms with E-state index in [1.54, 1.807) is 0 Å². The van der Waals surface area contributed by atoms with E-state index in [0.717, 1.165) is 19.7 Å². The van der Waals surface area contributed by atoms with Gasteiger partial charge in [0.1, 0.15) is 5.60 Å². The van der Waals surface area contributed by atoms with Crippen LogP contribution in [0, 0.1) is 5.92 Å². The smallest absolute Gasteiger partial charge is 0.103 e. The van der Waals surface area contributed by atoms with Gasteiger partial charge in [-0.3, -0.25) is 0 Å². The van der Waals surface area contributed by atoms with Gasteiger partial charge in [0.05, 0.1) is 6.61 Å². The molecule has 2 heteroatoms. The highest BCUT2D eigenvalue weighted by Crippen LogP contribution is 2.26. The molecular formula is C13H19NO. The van der Waals surface area contributed by atoms with Gasteiger partial charge in [-0.25, -0.2) is 0 Å². The summed E-state index contributed by atoms with van der Waals surface area (Å²) in [7, 11) is 0. The summed E-state index contributed by atoms with van der Waals surface area (Å²) >= 11 is 0. The first kappa shape index (κ1) is 10.7. The molecule has 0 aliphatic carbocycles. The molecule has 1 aromatic rings. The maximum atomic E-state index is 6.03. The summed E-state index contributed by atoms with van der Waals surface area (Å²) in [6.07, 6.45) is 0. The molecule has 1 aliphatic heterocycles. The molecule has 15 heavy (non-hydrogen) atoms. The lowest BCUT2D eigenvalue weighted by Crippen LogP contribution is -2.35. The van der Waals surface area contributed by atoms with Gasteiger partial charge in [-0.15, -0.1) is 0 Å². The predicted molar refractivity (Wildman–Crippen MR) is 61.8 cm³/mol. The Morgan fingerprint density at radius 2 is 2.07 bits per heavy atom. The molecule has 2 atom stereocenters. The lowest BCUT2D eigenvalue weighted by molar-refractivity contribution is -0.0331. The highest BCUT2D eigenvalue weighted by molar-refractivity contribution is 5.22. The Morgan fingerprint density at radius 1 is 1.33 bits per heavy atom. The first-order valence-electron chi connectivity index (χ1n) is 5.61. The molecule has 0 spiro atoms. The number of nitrogens with one attached hydrogen (secondary N) is 1. The van der Waals surface area contributed by atoms with Crippen molar-refractivity contribution >= 4 is 0 Å². The average Bonchev–Trinajstić information content (AvgIpc) is 2.44. The van der Waals surface area contributed by atoms with Gasteiger partial charge in [-0.1, -0.05) is 37.3 Å². The minimum Gasteiger partial charge on any atom is -0.369 e. The van der Waals surface area contributed by atoms with Crippen LogP contribution in [0.5, 0.6) is 0 Å². The molecule has 82 valence electrons. The van der Waals surface area contributed by atoms with Crippen molar-refractivity contribution in [2.24, 2.45) is 5.92 Å². The predicted octanol–water partition coefficient (Wildman–Crippen LogP) is 2.16. The minimum atomic E-state index is -0.175. The molecule has 2 nitrogen and oxygen atoms in total. The van der Waals surface area contributed by atoms with Crippen molar-refractivity contribution < 1.29 is 4.74 Å². The third-order valence-corrected chi connectivity index (χ3v) is 3.03. The van der Waals surface area contributed by atoms with Crippen molar-refractivity contribution in [3.05, 3.63) is 35.9 Å². The number of benzene rings is 1. The molecule has 0 radical (unpaired) electrons. The molecule has 1 saturated heterocycles. The third-order valence-electron chi connectivity index (χ3n) is 3.03. The second-order valence-electron chi connectivity index (χ2n) is 4.64. The van der Waals surface area contributed by atoms with Gasteiger partial charge in [-0.2, -0.15) is 0 Å². The van der Waals surface area contributed by atoms with Gasteiger partial charge in [0.2, 0.25) is 0 Å². The van der Waals surface area contributed by atoms with Crippen LogP contribution in [0.3, 0.4) is 0 Å². The van der Waals surface area contributed by atoms with Crippen LogP contribution in [0.25, 0.3) is 0 Å². The normalized spacial score (nSPS) is 32.3. The van der Waals surface area contributed by atoms with E-state index in [9.17, 15) is 0 Å². The summed E-state index contributed by atoms with van der Waals surface area (Å²) in [5.74, 6) is 0.593. The molecule has 0 bridgehead atoms. The van der Waals surface area contributed by atoms with Crippen LogP contribution in [0.4, 0.5) is 0 Å². The summed E-state index contributed by atoms with van der Waals surface area (Å²) in [6, 6.07) is 10.4. The first-order valence-corrected chi connectivity index (χ1v) is 5.61. The zero-order valence-corrected chi connectivity index (χ0v) is 9.49. The fourth-order valence-corrected chi connectivity index (χ4v) is 1.97. The first-order chi connectivity index (χ1) is 7.21. The molecule has 0 aromatic heterocycles. The van der Waals surface area contributed by atoms with Crippen molar-refractivity contribution in [2.45, 2.75) is 19.4 Å². The summed E-state index contributed by atoms with van der Waals surface area (Å²) in [6.45, 7) is 7.14. The van der Waals surface area contributed by atoms with E-state index in [0.29, 0.717) is 5.92 Å². The quantitative estimate of drug-likeness (QED) is 0.758. The van der Waals surface area contributed by atoms with E-state index >= 15 is 0 Å². The zero-order chi connectivity index (χ0) is 10.7. The Balaban J connectivity index is 2.19. The molecule has 1 aromatic carbocycles. The van der Waals surface area contributed by atoms with Gasteiger partial charge in [0.25, 0.3) is 0 Å². The van der Waals surface area contributed by atoms with Crippen molar-refractivity contribution in [2.75, 3.05) is 19.7 Å². The van der Waals surface area contributed by atoms with Crippen LogP contribution in [0.15, 0.2) is 30.3 Å². The van der Waals surface area contributed by atoms with Gasteiger partial charge in [0, 0.05) is 13.1 Å². The monoisotopic (exact) mass is 205 g/mol. The third kappa shape index (κ3) is 2.39. The van der Waals surface area contributed by atoms with Crippen molar-refractivity contribution in [3.63, 3.8) is 0 Å². The molecule has 1 heterocycles. The number of hydrogen-bond acceptors (Lipinski definition) is 2. The number of ether oxygens (including phenoxy) is 1. The standard InChI is InChI=1S/C13H19NO/c1-11-8-14-10-13(2,15-9-11)12-6-4-3-5-7-12/h3-7,11,14H,8-10H2,1-2H3. The molecule has 2 unspecified atom stereocenters. The Labute approximate surface area is 91.6 Å². The van der Waals surface area contributed by atoms with E-state index in [1.165, 1.54) is 5.56 Å². The highest BCUT2D eigenvalue weighted by Gasteiger charge is 2.29. The molecule has 0 amide bonds. The van der Waals surface area contributed by atoms with Crippen molar-refractivity contribution in [1.82, 2.24) is 5.32 Å². The van der Waals surface area contributed by atoms with Crippen LogP contribution in [-0.4, -0.2) is 19.7 Å². The second kappa shape index (κ2) is 4.33. The van der Waals surface area contributed by atoms with E-state index in [-0.39, 0.29) is 5.60 Å². The highest BCUT2D eigenvalue weighted by atomic mass is 16.5. The Morgan fingerprint density at radius 3 is 2.80 bits per heavy atom. The number of rotatable bonds is 1. The van der Waals surface area contributed by atoms with E-state index in [2.05, 4.69) is 43.4 Å². The summed E-state index contributed by atoms with van der Waals surface area (Å²) < 4.78 is 6.03. The fourth-order valence-electron chi connectivity index (χ4n) is 1.97. The SMILES string of the molecule is CC1CNCC(C)(c2ccccc2)OC1. The van der Waals surface area contributed by atoms with Gasteiger partial charge in [-0.05, 0) is 18.4 Å². The van der Waals surface area contributed by atoms with Crippen molar-refractivity contribution in [1.29, 1.82) is 0 Å². The van der Waals surface area contributed by atoms with Gasteiger partial charge >= 0.3 is 0 Å². The second-order valence-corrected chi connectivity index (χ2v) is 4.64. The Kier molecular flexibility index (Phi) is 3.08. The van der Waals surface area contributed by atoms with Crippen LogP contribution in [-0.2, 0) is 10.3 Å². The molecule has 0 saturated carbocycles. The van der Waals surface area contributed by atoms with Crippen LogP contribution in [0.2, 0.25) is 0 Å². The lowest BCUT2D eigenvalue weighted by Gasteiger charge is -2.28. The maximum Gasteiger partial charge on any atom is 0.103 e. The molecule has 1 aliphatic rings. The summed E-state index contributed by atoms with van der Waals surface area (Å²) in [4.78, 5) is 0. The maximum absolute atomic E-state index is 6.03. The summed E-state index contributed by atoms with van der Waals surface area (Å²) in [5, 5.41) is 3.46. The molecule has 2 rings (SSSR count). The van der Waals surface area contributed by atoms with Crippen LogP contribution in [0.1, 0.15) is 19.4 Å². The number of hydrogen-bond donors (Lipinski definition) is 1. The van der Waals surface area contributed by atoms with Crippen LogP contribution >= 0.6 is 0 Å². The van der Waals surface area contributed by atoms with Crippen molar-refractivity contribution in [3.8, 4) is 0 Å². The molecule has 1 fully saturated rings. The average molecular weight is 205 g/mol. The molecule has 1 N–H and O–H groups in total. The summed E-state index contributed by atoms with van der Waals surface area (Å²) in [5.41, 5.74) is 1.08. The van der Waals surface area contributed by atoms with E-state index in [1.807, 2.05) is 6.07 Å². The zero-order valence-electron chi connectivity index (χ0n) is 9.49. The van der Waals surface area contributed by atoms with E-state index < -0.39 is 0 Å². The largest absolute Gasteiger partial charge is 0.369 e. The molecular weight excluding hydrogens is 186 g/mol. The topological polar surface area (TPSA) is 21.3 Å². The van der Waals surface area contributed by atoms with Gasteiger partial charge < -0.3 is 10.1 Å². The Bertz CT molecular complexity index is 312. The van der Waals surface area contributed by atoms with Gasteiger partial charge in [0.15, 0.2) is 0 Å². The van der Waals surface area contributed by atoms with Crippen LogP contribution < -0.4 is 5.32 Å². The lowest BCUT2D eigenvalue weighted by atomic mass is 9.96. The minimum absolute atomic E-state index is 0.175. The fraction of sp³-hybridized carbons (Fsp3) is 0.538.